The van der Waals surface area contributed by atoms with Gasteiger partial charge in [0.1, 0.15) is 6.29 Å². The molecule has 0 aliphatic carbocycles. The Hall–Kier alpha value is -0.490. The number of rotatable bonds is 5. The third-order valence-electron chi connectivity index (χ3n) is 5.54. The second kappa shape index (κ2) is 8.39. The zero-order valence-electron chi connectivity index (χ0n) is 13.8. The lowest BCUT2D eigenvalue weighted by Gasteiger charge is -2.43. The number of likely N-dealkylation sites (tertiary alicyclic amines) is 1. The molecular formula is C17H31N4O. The van der Waals surface area contributed by atoms with E-state index in [1.54, 1.807) is 0 Å². The van der Waals surface area contributed by atoms with E-state index in [0.29, 0.717) is 0 Å². The molecule has 0 aromatic heterocycles. The number of nitrogens with one attached hydrogen (secondary N) is 1. The average molecular weight is 307 g/mol. The van der Waals surface area contributed by atoms with Crippen LogP contribution in [0, 0.1) is 6.42 Å². The highest BCUT2D eigenvalue weighted by Crippen LogP contribution is 2.16. The SMILES string of the molecule is O=CC(CN1CC[CH]CC1)N1CCN(C2CCNCC2)CC1. The number of carbonyl (C=O) groups excluding carboxylic acids is 1. The molecule has 0 amide bonds. The fourth-order valence-corrected chi connectivity index (χ4v) is 4.10. The third kappa shape index (κ3) is 4.28. The van der Waals surface area contributed by atoms with Gasteiger partial charge in [-0.25, -0.2) is 0 Å². The third-order valence-corrected chi connectivity index (χ3v) is 5.54. The van der Waals surface area contributed by atoms with Gasteiger partial charge in [0.05, 0.1) is 6.04 Å². The maximum Gasteiger partial charge on any atom is 0.138 e. The number of piperazine rings is 1. The monoisotopic (exact) mass is 307 g/mol. The van der Waals surface area contributed by atoms with Gasteiger partial charge in [-0.1, -0.05) is 0 Å². The molecule has 1 N–H and O–H groups in total. The predicted molar refractivity (Wildman–Crippen MR) is 88.9 cm³/mol. The van der Waals surface area contributed by atoms with Gasteiger partial charge in [0.15, 0.2) is 0 Å². The molecule has 5 nitrogen and oxygen atoms in total. The minimum Gasteiger partial charge on any atom is -0.317 e. The molecule has 3 rings (SSSR count). The van der Waals surface area contributed by atoms with Crippen molar-refractivity contribution < 1.29 is 4.79 Å². The second-order valence-corrected chi connectivity index (χ2v) is 6.92. The van der Waals surface area contributed by atoms with Crippen LogP contribution in [0.15, 0.2) is 0 Å². The lowest BCUT2D eigenvalue weighted by atomic mass is 10.0. The summed E-state index contributed by atoms with van der Waals surface area (Å²) in [7, 11) is 0. The zero-order chi connectivity index (χ0) is 15.2. The normalized spacial score (nSPS) is 28.5. The average Bonchev–Trinajstić information content (AvgIpc) is 2.61. The van der Waals surface area contributed by atoms with Crippen LogP contribution in [0.2, 0.25) is 0 Å². The number of aldehydes is 1. The van der Waals surface area contributed by atoms with Crippen LogP contribution in [0.1, 0.15) is 25.7 Å². The van der Waals surface area contributed by atoms with E-state index in [0.717, 1.165) is 64.9 Å². The van der Waals surface area contributed by atoms with Gasteiger partial charge in [-0.15, -0.1) is 0 Å². The summed E-state index contributed by atoms with van der Waals surface area (Å²) in [5.41, 5.74) is 0. The molecule has 5 heteroatoms. The molecule has 3 heterocycles. The molecule has 22 heavy (non-hydrogen) atoms. The molecule has 3 saturated heterocycles. The van der Waals surface area contributed by atoms with Crippen molar-refractivity contribution in [2.75, 3.05) is 58.9 Å². The quantitative estimate of drug-likeness (QED) is 0.736. The highest BCUT2D eigenvalue weighted by Gasteiger charge is 2.29. The van der Waals surface area contributed by atoms with E-state index in [1.165, 1.54) is 32.0 Å². The van der Waals surface area contributed by atoms with E-state index in [9.17, 15) is 4.79 Å². The minimum atomic E-state index is 0.0910. The van der Waals surface area contributed by atoms with Crippen molar-refractivity contribution in [3.05, 3.63) is 6.42 Å². The van der Waals surface area contributed by atoms with Crippen molar-refractivity contribution in [2.45, 2.75) is 37.8 Å². The molecule has 3 aliphatic heterocycles. The van der Waals surface area contributed by atoms with Gasteiger partial charge in [-0.05, 0) is 58.3 Å². The largest absolute Gasteiger partial charge is 0.317 e. The summed E-state index contributed by atoms with van der Waals surface area (Å²) < 4.78 is 0. The Balaban J connectivity index is 1.45. The van der Waals surface area contributed by atoms with Crippen molar-refractivity contribution >= 4 is 6.29 Å². The number of carbonyl (C=O) groups is 1. The standard InChI is InChI=1S/C17H31N4O/c22-15-17(14-19-8-2-1-3-9-19)21-12-10-20(11-13-21)16-4-6-18-7-5-16/h1,15-18H,2-14H2. The zero-order valence-corrected chi connectivity index (χ0v) is 13.8. The Morgan fingerprint density at radius 1 is 1.05 bits per heavy atom. The number of hydrogen-bond donors (Lipinski definition) is 1. The van der Waals surface area contributed by atoms with Crippen molar-refractivity contribution in [1.82, 2.24) is 20.0 Å². The summed E-state index contributed by atoms with van der Waals surface area (Å²) in [4.78, 5) is 19.1. The van der Waals surface area contributed by atoms with Gasteiger partial charge in [0.25, 0.3) is 0 Å². The van der Waals surface area contributed by atoms with Gasteiger partial charge >= 0.3 is 0 Å². The number of hydrogen-bond acceptors (Lipinski definition) is 5. The van der Waals surface area contributed by atoms with Crippen molar-refractivity contribution in [3.63, 3.8) is 0 Å². The first-order valence-electron chi connectivity index (χ1n) is 9.05. The van der Waals surface area contributed by atoms with E-state index in [-0.39, 0.29) is 6.04 Å². The van der Waals surface area contributed by atoms with E-state index in [1.807, 2.05) is 0 Å². The Kier molecular flexibility index (Phi) is 6.24. The van der Waals surface area contributed by atoms with Gasteiger partial charge in [-0.2, -0.15) is 0 Å². The van der Waals surface area contributed by atoms with Gasteiger partial charge in [-0.3, -0.25) is 9.80 Å². The molecule has 3 aliphatic rings. The molecule has 0 bridgehead atoms. The molecule has 1 atom stereocenters. The Labute approximate surface area is 135 Å². The number of nitrogens with zero attached hydrogens (tertiary/aromatic N) is 3. The van der Waals surface area contributed by atoms with Gasteiger partial charge in [0, 0.05) is 38.8 Å². The smallest absolute Gasteiger partial charge is 0.138 e. The van der Waals surface area contributed by atoms with E-state index >= 15 is 0 Å². The molecule has 3 fully saturated rings. The molecule has 1 radical (unpaired) electrons. The fourth-order valence-electron chi connectivity index (χ4n) is 4.10. The molecule has 0 aromatic rings. The van der Waals surface area contributed by atoms with Crippen LogP contribution in [0.3, 0.4) is 0 Å². The number of piperidine rings is 2. The fraction of sp³-hybridized carbons (Fsp3) is 0.882. The summed E-state index contributed by atoms with van der Waals surface area (Å²) in [6.45, 7) is 9.84. The van der Waals surface area contributed by atoms with Crippen molar-refractivity contribution in [3.8, 4) is 0 Å². The highest BCUT2D eigenvalue weighted by molar-refractivity contribution is 5.58. The van der Waals surface area contributed by atoms with Gasteiger partial charge < -0.3 is 15.0 Å². The second-order valence-electron chi connectivity index (χ2n) is 6.92. The first-order valence-corrected chi connectivity index (χ1v) is 9.05. The molecule has 0 spiro atoms. The Morgan fingerprint density at radius 3 is 2.36 bits per heavy atom. The molecule has 1 unspecified atom stereocenters. The summed E-state index contributed by atoms with van der Waals surface area (Å²) in [6.07, 6.45) is 8.45. The summed E-state index contributed by atoms with van der Waals surface area (Å²) in [5, 5.41) is 3.44. The molecule has 0 saturated carbocycles. The molecule has 125 valence electrons. The summed E-state index contributed by atoms with van der Waals surface area (Å²) in [6, 6.07) is 0.851. The van der Waals surface area contributed by atoms with Crippen LogP contribution in [0.4, 0.5) is 0 Å². The van der Waals surface area contributed by atoms with E-state index < -0.39 is 0 Å². The van der Waals surface area contributed by atoms with Crippen LogP contribution in [-0.2, 0) is 4.79 Å². The van der Waals surface area contributed by atoms with E-state index in [2.05, 4.69) is 26.4 Å². The maximum absolute atomic E-state index is 11.6. The topological polar surface area (TPSA) is 38.8 Å². The predicted octanol–water partition coefficient (Wildman–Crippen LogP) is 0.224. The first-order chi connectivity index (χ1) is 10.9. The Bertz CT molecular complexity index is 332. The van der Waals surface area contributed by atoms with Gasteiger partial charge in [0.2, 0.25) is 0 Å². The lowest BCUT2D eigenvalue weighted by Crippen LogP contribution is -2.57. The lowest BCUT2D eigenvalue weighted by molar-refractivity contribution is -0.114. The molecular weight excluding hydrogens is 276 g/mol. The van der Waals surface area contributed by atoms with E-state index in [4.69, 9.17) is 0 Å². The summed E-state index contributed by atoms with van der Waals surface area (Å²) >= 11 is 0. The van der Waals surface area contributed by atoms with Crippen LogP contribution >= 0.6 is 0 Å². The van der Waals surface area contributed by atoms with Crippen LogP contribution in [0.5, 0.6) is 0 Å². The summed E-state index contributed by atoms with van der Waals surface area (Å²) in [5.74, 6) is 0. The van der Waals surface area contributed by atoms with Crippen LogP contribution < -0.4 is 5.32 Å². The minimum absolute atomic E-state index is 0.0910. The van der Waals surface area contributed by atoms with Crippen molar-refractivity contribution in [2.24, 2.45) is 0 Å². The highest BCUT2D eigenvalue weighted by atomic mass is 16.1. The maximum atomic E-state index is 11.6. The Morgan fingerprint density at radius 2 is 1.73 bits per heavy atom. The van der Waals surface area contributed by atoms with Crippen molar-refractivity contribution in [1.29, 1.82) is 0 Å². The van der Waals surface area contributed by atoms with Crippen LogP contribution in [-0.4, -0.2) is 92.0 Å². The van der Waals surface area contributed by atoms with Crippen LogP contribution in [0.25, 0.3) is 0 Å². The molecule has 0 aromatic carbocycles. The first kappa shape index (κ1) is 16.4.